The van der Waals surface area contributed by atoms with Gasteiger partial charge in [0.05, 0.1) is 6.04 Å². The van der Waals surface area contributed by atoms with E-state index in [1.807, 2.05) is 6.07 Å². The Morgan fingerprint density at radius 3 is 2.16 bits per heavy atom. The van der Waals surface area contributed by atoms with E-state index in [0.717, 1.165) is 5.56 Å². The molecule has 0 saturated heterocycles. The molecule has 0 fully saturated rings. The number of benzene rings is 1. The lowest BCUT2D eigenvalue weighted by Gasteiger charge is -2.23. The van der Waals surface area contributed by atoms with Gasteiger partial charge in [-0.3, -0.25) is 14.4 Å². The zero-order chi connectivity index (χ0) is 24.1. The van der Waals surface area contributed by atoms with E-state index < -0.39 is 47.9 Å². The first-order valence-corrected chi connectivity index (χ1v) is 11.1. The number of thiol groups is 1. The first-order valence-electron chi connectivity index (χ1n) is 10.4. The number of carboxylic acids is 1. The molecule has 0 radical (unpaired) electrons. The molecule has 0 spiro atoms. The van der Waals surface area contributed by atoms with Gasteiger partial charge in [0.15, 0.2) is 0 Å². The van der Waals surface area contributed by atoms with Gasteiger partial charge in [0.25, 0.3) is 0 Å². The second-order valence-corrected chi connectivity index (χ2v) is 7.82. The van der Waals surface area contributed by atoms with Crippen molar-refractivity contribution in [1.82, 2.24) is 16.0 Å². The lowest BCUT2D eigenvalue weighted by atomic mass is 10.0. The van der Waals surface area contributed by atoms with Gasteiger partial charge in [0.1, 0.15) is 18.1 Å². The molecule has 178 valence electrons. The summed E-state index contributed by atoms with van der Waals surface area (Å²) in [5.74, 6) is -2.84. The Hall–Kier alpha value is -2.63. The van der Waals surface area contributed by atoms with Crippen LogP contribution in [0.2, 0.25) is 0 Å². The quantitative estimate of drug-likeness (QED) is 0.138. The van der Waals surface area contributed by atoms with Crippen LogP contribution < -0.4 is 27.4 Å². The number of nitrogens with one attached hydrogen (secondary N) is 3. The Balaban J connectivity index is 2.81. The fourth-order valence-corrected chi connectivity index (χ4v) is 3.01. The minimum Gasteiger partial charge on any atom is -0.480 e. The summed E-state index contributed by atoms with van der Waals surface area (Å²) in [4.78, 5) is 48.9. The molecule has 11 heteroatoms. The Morgan fingerprint density at radius 2 is 1.59 bits per heavy atom. The third-order valence-corrected chi connectivity index (χ3v) is 5.16. The highest BCUT2D eigenvalue weighted by atomic mass is 32.1. The summed E-state index contributed by atoms with van der Waals surface area (Å²) in [7, 11) is 0. The molecule has 32 heavy (non-hydrogen) atoms. The van der Waals surface area contributed by atoms with Crippen LogP contribution in [-0.4, -0.2) is 65.3 Å². The summed E-state index contributed by atoms with van der Waals surface area (Å²) in [5.41, 5.74) is 11.9. The van der Waals surface area contributed by atoms with Gasteiger partial charge >= 0.3 is 5.97 Å². The van der Waals surface area contributed by atoms with Crippen molar-refractivity contribution in [2.45, 2.75) is 56.8 Å². The molecule has 1 aromatic rings. The normalized spacial score (nSPS) is 14.5. The van der Waals surface area contributed by atoms with Crippen molar-refractivity contribution in [1.29, 1.82) is 0 Å². The van der Waals surface area contributed by atoms with Crippen LogP contribution in [0.25, 0.3) is 0 Å². The van der Waals surface area contributed by atoms with Crippen molar-refractivity contribution < 1.29 is 24.3 Å². The standard InChI is InChI=1S/C21H33N5O5S/c1-13(18(27)25-16(21(30)31)9-5-6-10-22)24-20(29)17(26-19(28)15(23)12-32)11-14-7-3-2-4-8-14/h2-4,7-8,13,15-17,32H,5-6,9-12,22-23H2,1H3,(H,24,29)(H,25,27)(H,26,28)(H,30,31). The molecule has 0 aliphatic heterocycles. The van der Waals surface area contributed by atoms with E-state index in [-0.39, 0.29) is 18.6 Å². The van der Waals surface area contributed by atoms with Gasteiger partial charge < -0.3 is 32.5 Å². The molecule has 0 aliphatic rings. The van der Waals surface area contributed by atoms with Crippen LogP contribution in [0.3, 0.4) is 0 Å². The van der Waals surface area contributed by atoms with Crippen molar-refractivity contribution >= 4 is 36.3 Å². The topological polar surface area (TPSA) is 177 Å². The fourth-order valence-electron chi connectivity index (χ4n) is 2.85. The second-order valence-electron chi connectivity index (χ2n) is 7.45. The van der Waals surface area contributed by atoms with Crippen LogP contribution in [0.15, 0.2) is 30.3 Å². The number of rotatable bonds is 14. The zero-order valence-electron chi connectivity index (χ0n) is 18.1. The van der Waals surface area contributed by atoms with E-state index in [2.05, 4.69) is 28.6 Å². The molecule has 8 N–H and O–H groups in total. The van der Waals surface area contributed by atoms with E-state index in [1.54, 1.807) is 24.3 Å². The lowest BCUT2D eigenvalue weighted by molar-refractivity contribution is -0.142. The Labute approximate surface area is 193 Å². The SMILES string of the molecule is CC(NC(=O)C(Cc1ccccc1)NC(=O)C(N)CS)C(=O)NC(CCCCN)C(=O)O. The van der Waals surface area contributed by atoms with Crippen LogP contribution in [0.4, 0.5) is 0 Å². The van der Waals surface area contributed by atoms with Gasteiger partial charge in [-0.05, 0) is 38.3 Å². The number of nitrogens with two attached hydrogens (primary N) is 2. The predicted molar refractivity (Wildman–Crippen MR) is 124 cm³/mol. The molecule has 3 amide bonds. The number of hydrogen-bond donors (Lipinski definition) is 7. The zero-order valence-corrected chi connectivity index (χ0v) is 19.0. The van der Waals surface area contributed by atoms with Crippen LogP contribution in [0.1, 0.15) is 31.7 Å². The fraction of sp³-hybridized carbons (Fsp3) is 0.524. The average Bonchev–Trinajstić information content (AvgIpc) is 2.77. The molecule has 0 aromatic heterocycles. The van der Waals surface area contributed by atoms with Crippen molar-refractivity contribution in [3.05, 3.63) is 35.9 Å². The monoisotopic (exact) mass is 467 g/mol. The summed E-state index contributed by atoms with van der Waals surface area (Å²) >= 11 is 4.00. The molecule has 0 aliphatic carbocycles. The summed E-state index contributed by atoms with van der Waals surface area (Å²) in [6, 6.07) is 5.07. The first-order chi connectivity index (χ1) is 15.2. The van der Waals surface area contributed by atoms with Crippen molar-refractivity contribution in [2.24, 2.45) is 11.5 Å². The van der Waals surface area contributed by atoms with E-state index in [9.17, 15) is 24.3 Å². The highest BCUT2D eigenvalue weighted by Gasteiger charge is 2.28. The van der Waals surface area contributed by atoms with Crippen molar-refractivity contribution in [3.63, 3.8) is 0 Å². The number of hydrogen-bond acceptors (Lipinski definition) is 7. The van der Waals surface area contributed by atoms with E-state index >= 15 is 0 Å². The highest BCUT2D eigenvalue weighted by Crippen LogP contribution is 2.05. The van der Waals surface area contributed by atoms with Gasteiger partial charge in [-0.25, -0.2) is 4.79 Å². The van der Waals surface area contributed by atoms with Gasteiger partial charge in [-0.15, -0.1) is 0 Å². The molecule has 4 atom stereocenters. The van der Waals surface area contributed by atoms with Crippen LogP contribution in [0, 0.1) is 0 Å². The number of aliphatic carboxylic acids is 1. The molecule has 1 aromatic carbocycles. The maximum absolute atomic E-state index is 12.8. The van der Waals surface area contributed by atoms with Crippen LogP contribution >= 0.6 is 12.6 Å². The molecule has 0 bridgehead atoms. The van der Waals surface area contributed by atoms with Crippen LogP contribution in [0.5, 0.6) is 0 Å². The molecule has 10 nitrogen and oxygen atoms in total. The maximum Gasteiger partial charge on any atom is 0.326 e. The van der Waals surface area contributed by atoms with Crippen molar-refractivity contribution in [3.8, 4) is 0 Å². The smallest absolute Gasteiger partial charge is 0.326 e. The second kappa shape index (κ2) is 14.4. The van der Waals surface area contributed by atoms with E-state index in [4.69, 9.17) is 11.5 Å². The summed E-state index contributed by atoms with van der Waals surface area (Å²) in [6.07, 6.45) is 1.60. The summed E-state index contributed by atoms with van der Waals surface area (Å²) in [6.45, 7) is 1.87. The van der Waals surface area contributed by atoms with Gasteiger partial charge in [0.2, 0.25) is 17.7 Å². The molecule has 0 heterocycles. The first kappa shape index (κ1) is 27.4. The van der Waals surface area contributed by atoms with Gasteiger partial charge in [-0.1, -0.05) is 30.3 Å². The number of carbonyl (C=O) groups excluding carboxylic acids is 3. The molecular weight excluding hydrogens is 434 g/mol. The number of unbranched alkanes of at least 4 members (excludes halogenated alkanes) is 1. The number of carbonyl (C=O) groups is 4. The maximum atomic E-state index is 12.8. The Morgan fingerprint density at radius 1 is 0.969 bits per heavy atom. The third kappa shape index (κ3) is 9.67. The minimum absolute atomic E-state index is 0.102. The molecule has 0 saturated carbocycles. The average molecular weight is 468 g/mol. The van der Waals surface area contributed by atoms with Crippen molar-refractivity contribution in [2.75, 3.05) is 12.3 Å². The van der Waals surface area contributed by atoms with E-state index in [0.29, 0.717) is 19.4 Å². The minimum atomic E-state index is -1.16. The third-order valence-electron chi connectivity index (χ3n) is 4.76. The van der Waals surface area contributed by atoms with Gasteiger partial charge in [-0.2, -0.15) is 12.6 Å². The Kier molecular flexibility index (Phi) is 12.4. The largest absolute Gasteiger partial charge is 0.480 e. The molecular formula is C21H33N5O5S. The molecule has 1 rings (SSSR count). The molecule has 4 unspecified atom stereocenters. The lowest BCUT2D eigenvalue weighted by Crippen LogP contribution is -2.57. The number of amides is 3. The predicted octanol–water partition coefficient (Wildman–Crippen LogP) is -0.826. The Bertz CT molecular complexity index is 764. The summed E-state index contributed by atoms with van der Waals surface area (Å²) < 4.78 is 0. The summed E-state index contributed by atoms with van der Waals surface area (Å²) in [5, 5.41) is 16.9. The van der Waals surface area contributed by atoms with Crippen LogP contribution in [-0.2, 0) is 25.6 Å². The van der Waals surface area contributed by atoms with Gasteiger partial charge in [0, 0.05) is 12.2 Å². The van der Waals surface area contributed by atoms with E-state index in [1.165, 1.54) is 6.92 Å². The number of carboxylic acid groups (broad SMARTS) is 1. The highest BCUT2D eigenvalue weighted by molar-refractivity contribution is 7.80.